The number of rotatable bonds is 16. The molecule has 1 aliphatic heterocycles. The van der Waals surface area contributed by atoms with E-state index in [-0.39, 0.29) is 0 Å². The number of amidine groups is 2. The van der Waals surface area contributed by atoms with Gasteiger partial charge in [-0.15, -0.1) is 0 Å². The topological polar surface area (TPSA) is 37.2 Å². The van der Waals surface area contributed by atoms with Crippen molar-refractivity contribution in [3.63, 3.8) is 0 Å². The molecule has 1 aliphatic rings. The molecule has 0 amide bonds. The standard InChI is InChI=1S/C28H47N3O/c1-6-8-10-12-14-16-20-29-27-25-19-18-24(32-5)22-26(25)28(31(27)23(3)4)30-21-17-15-13-11-9-7-2/h18-19,22-23H,6-17,20-21H2,1-5H3. The van der Waals surface area contributed by atoms with E-state index in [4.69, 9.17) is 14.7 Å². The highest BCUT2D eigenvalue weighted by Gasteiger charge is 2.33. The average molecular weight is 442 g/mol. The van der Waals surface area contributed by atoms with Crippen molar-refractivity contribution in [3.8, 4) is 5.75 Å². The van der Waals surface area contributed by atoms with Crippen LogP contribution < -0.4 is 4.74 Å². The van der Waals surface area contributed by atoms with E-state index in [0.717, 1.165) is 43.4 Å². The Morgan fingerprint density at radius 1 is 0.719 bits per heavy atom. The normalized spacial score (nSPS) is 15.9. The molecule has 0 N–H and O–H groups in total. The fourth-order valence-corrected chi connectivity index (χ4v) is 4.36. The molecule has 0 aromatic heterocycles. The van der Waals surface area contributed by atoms with Crippen LogP contribution in [-0.2, 0) is 0 Å². The number of unbranched alkanes of at least 4 members (excludes halogenated alkanes) is 10. The molecule has 0 radical (unpaired) electrons. The summed E-state index contributed by atoms with van der Waals surface area (Å²) in [5.74, 6) is 3.05. The molecule has 0 saturated heterocycles. The number of aliphatic imine (C=N–C) groups is 2. The molecule has 0 unspecified atom stereocenters. The van der Waals surface area contributed by atoms with Gasteiger partial charge in [-0.2, -0.15) is 0 Å². The van der Waals surface area contributed by atoms with Crippen LogP contribution in [0.15, 0.2) is 28.2 Å². The maximum atomic E-state index is 5.53. The highest BCUT2D eigenvalue weighted by Crippen LogP contribution is 2.30. The Labute approximate surface area is 197 Å². The number of hydrogen-bond acceptors (Lipinski definition) is 3. The highest BCUT2D eigenvalue weighted by atomic mass is 16.5. The summed E-state index contributed by atoms with van der Waals surface area (Å²) in [5.41, 5.74) is 2.37. The number of hydrogen-bond donors (Lipinski definition) is 0. The summed E-state index contributed by atoms with van der Waals surface area (Å²) in [6.07, 6.45) is 15.5. The Balaban J connectivity index is 2.12. The van der Waals surface area contributed by atoms with Crippen molar-refractivity contribution in [2.45, 2.75) is 111 Å². The molecule has 2 rings (SSSR count). The SMILES string of the molecule is CCCCCCCCN=C1c2ccc(OC)cc2C(=NCCCCCCCC)N1C(C)C. The zero-order valence-corrected chi connectivity index (χ0v) is 21.5. The average Bonchev–Trinajstić information content (AvgIpc) is 3.10. The Morgan fingerprint density at radius 3 is 1.72 bits per heavy atom. The third-order valence-electron chi connectivity index (χ3n) is 6.23. The monoisotopic (exact) mass is 441 g/mol. The van der Waals surface area contributed by atoms with Crippen molar-refractivity contribution < 1.29 is 4.74 Å². The molecule has 4 nitrogen and oxygen atoms in total. The predicted molar refractivity (Wildman–Crippen MR) is 140 cm³/mol. The van der Waals surface area contributed by atoms with E-state index < -0.39 is 0 Å². The molecule has 0 atom stereocenters. The van der Waals surface area contributed by atoms with E-state index in [2.05, 4.69) is 44.7 Å². The zero-order chi connectivity index (χ0) is 23.2. The van der Waals surface area contributed by atoms with Gasteiger partial charge in [0.05, 0.1) is 7.11 Å². The second kappa shape index (κ2) is 15.1. The lowest BCUT2D eigenvalue weighted by Crippen LogP contribution is -2.37. The molecule has 1 heterocycles. The van der Waals surface area contributed by atoms with E-state index in [1.807, 2.05) is 6.07 Å². The number of benzene rings is 1. The smallest absolute Gasteiger partial charge is 0.137 e. The minimum Gasteiger partial charge on any atom is -0.497 e. The van der Waals surface area contributed by atoms with E-state index in [9.17, 15) is 0 Å². The van der Waals surface area contributed by atoms with Gasteiger partial charge in [0.1, 0.15) is 17.4 Å². The van der Waals surface area contributed by atoms with Crippen LogP contribution in [0, 0.1) is 0 Å². The van der Waals surface area contributed by atoms with E-state index >= 15 is 0 Å². The summed E-state index contributed by atoms with van der Waals surface area (Å²) in [6.45, 7) is 10.8. The number of methoxy groups -OCH3 is 1. The third-order valence-corrected chi connectivity index (χ3v) is 6.23. The lowest BCUT2D eigenvalue weighted by molar-refractivity contribution is 0.414. The number of fused-ring (bicyclic) bond motifs is 1. The molecule has 0 saturated carbocycles. The van der Waals surface area contributed by atoms with Gasteiger partial charge in [0.25, 0.3) is 0 Å². The van der Waals surface area contributed by atoms with Gasteiger partial charge < -0.3 is 9.64 Å². The van der Waals surface area contributed by atoms with Crippen molar-refractivity contribution in [1.82, 2.24) is 4.90 Å². The van der Waals surface area contributed by atoms with Crippen molar-refractivity contribution in [2.24, 2.45) is 9.98 Å². The molecular formula is C28H47N3O. The second-order valence-electron chi connectivity index (χ2n) is 9.32. The lowest BCUT2D eigenvalue weighted by atomic mass is 10.1. The Bertz CT molecular complexity index is 723. The van der Waals surface area contributed by atoms with Gasteiger partial charge in [-0.05, 0) is 44.9 Å². The largest absolute Gasteiger partial charge is 0.497 e. The van der Waals surface area contributed by atoms with Crippen molar-refractivity contribution in [2.75, 3.05) is 20.2 Å². The van der Waals surface area contributed by atoms with E-state index in [1.54, 1.807) is 7.11 Å². The minimum atomic E-state index is 0.319. The molecule has 0 aliphatic carbocycles. The molecular weight excluding hydrogens is 394 g/mol. The van der Waals surface area contributed by atoms with Crippen LogP contribution >= 0.6 is 0 Å². The van der Waals surface area contributed by atoms with Gasteiger partial charge in [0, 0.05) is 30.3 Å². The van der Waals surface area contributed by atoms with Gasteiger partial charge in [-0.25, -0.2) is 0 Å². The summed E-state index contributed by atoms with van der Waals surface area (Å²) >= 11 is 0. The first kappa shape index (κ1) is 26.4. The Hall–Kier alpha value is -1.84. The summed E-state index contributed by atoms with van der Waals surface area (Å²) in [7, 11) is 1.73. The predicted octanol–water partition coefficient (Wildman–Crippen LogP) is 7.63. The van der Waals surface area contributed by atoms with Crippen LogP contribution in [0.4, 0.5) is 0 Å². The molecule has 32 heavy (non-hydrogen) atoms. The van der Waals surface area contributed by atoms with Crippen LogP contribution in [0.1, 0.15) is 116 Å². The first-order valence-corrected chi connectivity index (χ1v) is 13.2. The summed E-state index contributed by atoms with van der Waals surface area (Å²) < 4.78 is 5.53. The zero-order valence-electron chi connectivity index (χ0n) is 21.5. The van der Waals surface area contributed by atoms with Crippen LogP contribution in [0.25, 0.3) is 0 Å². The maximum absolute atomic E-state index is 5.53. The third kappa shape index (κ3) is 7.94. The van der Waals surface area contributed by atoms with Crippen LogP contribution in [0.3, 0.4) is 0 Å². The second-order valence-corrected chi connectivity index (χ2v) is 9.32. The van der Waals surface area contributed by atoms with Gasteiger partial charge in [-0.1, -0.05) is 78.1 Å². The van der Waals surface area contributed by atoms with Crippen LogP contribution in [-0.4, -0.2) is 42.8 Å². The Kier molecular flexibility index (Phi) is 12.4. The molecule has 0 fully saturated rings. The van der Waals surface area contributed by atoms with Crippen molar-refractivity contribution in [3.05, 3.63) is 29.3 Å². The van der Waals surface area contributed by atoms with Crippen LogP contribution in [0.5, 0.6) is 5.75 Å². The van der Waals surface area contributed by atoms with Gasteiger partial charge >= 0.3 is 0 Å². The van der Waals surface area contributed by atoms with Crippen molar-refractivity contribution in [1.29, 1.82) is 0 Å². The summed E-state index contributed by atoms with van der Waals surface area (Å²) in [4.78, 5) is 12.5. The lowest BCUT2D eigenvalue weighted by Gasteiger charge is -2.24. The summed E-state index contributed by atoms with van der Waals surface area (Å²) in [5, 5.41) is 0. The quantitative estimate of drug-likeness (QED) is 0.247. The van der Waals surface area contributed by atoms with Crippen molar-refractivity contribution >= 4 is 11.7 Å². The molecule has 1 aromatic carbocycles. The number of ether oxygens (including phenoxy) is 1. The fourth-order valence-electron chi connectivity index (χ4n) is 4.36. The minimum absolute atomic E-state index is 0.319. The molecule has 180 valence electrons. The van der Waals surface area contributed by atoms with E-state index in [1.165, 1.54) is 75.3 Å². The fraction of sp³-hybridized carbons (Fsp3) is 0.714. The molecule has 0 spiro atoms. The number of nitrogens with zero attached hydrogens (tertiary/aromatic N) is 3. The van der Waals surface area contributed by atoms with Gasteiger partial charge in [-0.3, -0.25) is 9.98 Å². The molecule has 1 aromatic rings. The van der Waals surface area contributed by atoms with Gasteiger partial charge in [0.2, 0.25) is 0 Å². The van der Waals surface area contributed by atoms with Gasteiger partial charge in [0.15, 0.2) is 0 Å². The van der Waals surface area contributed by atoms with E-state index in [0.29, 0.717) is 6.04 Å². The highest BCUT2D eigenvalue weighted by molar-refractivity contribution is 6.25. The Morgan fingerprint density at radius 2 is 1.22 bits per heavy atom. The summed E-state index contributed by atoms with van der Waals surface area (Å²) in [6, 6.07) is 6.67. The first-order chi connectivity index (χ1) is 15.6. The van der Waals surface area contributed by atoms with Crippen LogP contribution in [0.2, 0.25) is 0 Å². The molecule has 0 bridgehead atoms. The molecule has 4 heteroatoms. The maximum Gasteiger partial charge on any atom is 0.137 e. The first-order valence-electron chi connectivity index (χ1n) is 13.2.